The van der Waals surface area contributed by atoms with Crippen molar-refractivity contribution in [2.45, 2.75) is 51.6 Å². The number of nitrogens with zero attached hydrogens (tertiary/aromatic N) is 3. The first kappa shape index (κ1) is 20.5. The van der Waals surface area contributed by atoms with Crippen molar-refractivity contribution in [3.8, 4) is 5.75 Å². The predicted molar refractivity (Wildman–Crippen MR) is 123 cm³/mol. The fourth-order valence-corrected chi connectivity index (χ4v) is 4.84. The Hall–Kier alpha value is -3.35. The zero-order chi connectivity index (χ0) is 22.1. The average molecular weight is 433 g/mol. The molecular weight excluding hydrogens is 404 g/mol. The molecule has 2 aromatic carbocycles. The lowest BCUT2D eigenvalue weighted by Crippen LogP contribution is -2.47. The monoisotopic (exact) mass is 432 g/mol. The Kier molecular flexibility index (Phi) is 5.55. The Bertz CT molecular complexity index is 1150. The zero-order valence-corrected chi connectivity index (χ0v) is 18.3. The fraction of sp³-hybridized carbons (Fsp3) is 0.400. The molecule has 0 bridgehead atoms. The van der Waals surface area contributed by atoms with Gasteiger partial charge in [-0.1, -0.05) is 19.3 Å². The van der Waals surface area contributed by atoms with Gasteiger partial charge in [-0.2, -0.15) is 0 Å². The summed E-state index contributed by atoms with van der Waals surface area (Å²) >= 11 is 0. The maximum Gasteiger partial charge on any atom is 0.290 e. The van der Waals surface area contributed by atoms with Crippen LogP contribution in [0.3, 0.4) is 0 Å². The number of aromatic nitrogens is 2. The van der Waals surface area contributed by atoms with Crippen LogP contribution in [-0.2, 0) is 6.54 Å². The van der Waals surface area contributed by atoms with E-state index in [1.54, 1.807) is 12.1 Å². The van der Waals surface area contributed by atoms with E-state index in [0.29, 0.717) is 35.2 Å². The second kappa shape index (κ2) is 8.65. The van der Waals surface area contributed by atoms with Gasteiger partial charge in [0, 0.05) is 30.4 Å². The van der Waals surface area contributed by atoms with Gasteiger partial charge in [-0.05, 0) is 62.2 Å². The summed E-state index contributed by atoms with van der Waals surface area (Å²) in [5.41, 5.74) is 2.78. The van der Waals surface area contributed by atoms with E-state index < -0.39 is 0 Å². The quantitative estimate of drug-likeness (QED) is 0.645. The molecule has 1 aromatic heterocycles. The van der Waals surface area contributed by atoms with E-state index >= 15 is 0 Å². The van der Waals surface area contributed by atoms with Crippen molar-refractivity contribution in [3.63, 3.8) is 0 Å². The van der Waals surface area contributed by atoms with E-state index in [4.69, 9.17) is 4.74 Å². The molecule has 0 radical (unpaired) electrons. The van der Waals surface area contributed by atoms with E-state index in [0.717, 1.165) is 37.2 Å². The van der Waals surface area contributed by atoms with Gasteiger partial charge >= 0.3 is 0 Å². The van der Waals surface area contributed by atoms with Gasteiger partial charge in [-0.3, -0.25) is 9.59 Å². The maximum atomic E-state index is 13.2. The number of imidazole rings is 1. The molecule has 7 nitrogen and oxygen atoms in total. The van der Waals surface area contributed by atoms with E-state index in [1.807, 2.05) is 46.7 Å². The summed E-state index contributed by atoms with van der Waals surface area (Å²) in [5.74, 6) is 1.06. The number of benzene rings is 2. The Morgan fingerprint density at radius 2 is 1.88 bits per heavy atom. The molecule has 1 N–H and O–H groups in total. The van der Waals surface area contributed by atoms with Crippen LogP contribution in [0, 0.1) is 0 Å². The second-order valence-electron chi connectivity index (χ2n) is 8.49. The summed E-state index contributed by atoms with van der Waals surface area (Å²) in [5, 5.41) is 2.91. The smallest absolute Gasteiger partial charge is 0.290 e. The highest BCUT2D eigenvalue weighted by molar-refractivity contribution is 6.06. The first-order chi connectivity index (χ1) is 15.6. The molecule has 2 amide bonds. The zero-order valence-electron chi connectivity index (χ0n) is 18.3. The van der Waals surface area contributed by atoms with E-state index in [1.165, 1.54) is 19.3 Å². The molecular formula is C25H28N4O3. The van der Waals surface area contributed by atoms with E-state index in [-0.39, 0.29) is 11.8 Å². The number of ether oxygens (including phenoxy) is 1. The Morgan fingerprint density at radius 3 is 2.62 bits per heavy atom. The fourth-order valence-electron chi connectivity index (χ4n) is 4.84. The summed E-state index contributed by atoms with van der Waals surface area (Å²) < 4.78 is 7.43. The lowest BCUT2D eigenvalue weighted by atomic mass is 9.94. The standard InChI is InChI=1S/C25H28N4O3/c1-2-32-20-11-9-18(10-12-20)26-24(30)17-8-13-22-21(16-17)27-23-25(31)28(14-15-29(22)23)19-6-4-3-5-7-19/h8-13,16,19H,2-7,14-15H2,1H3,(H,26,30). The number of amides is 2. The lowest BCUT2D eigenvalue weighted by molar-refractivity contribution is 0.0566. The lowest BCUT2D eigenvalue weighted by Gasteiger charge is -2.36. The molecule has 0 saturated heterocycles. The minimum atomic E-state index is -0.211. The number of nitrogens with one attached hydrogen (secondary N) is 1. The highest BCUT2D eigenvalue weighted by atomic mass is 16.5. The Balaban J connectivity index is 1.36. The van der Waals surface area contributed by atoms with Gasteiger partial charge in [0.1, 0.15) is 5.75 Å². The van der Waals surface area contributed by atoms with Gasteiger partial charge in [0.2, 0.25) is 0 Å². The summed E-state index contributed by atoms with van der Waals surface area (Å²) in [6.07, 6.45) is 5.82. The number of anilines is 1. The van der Waals surface area contributed by atoms with Crippen molar-refractivity contribution in [2.75, 3.05) is 18.5 Å². The van der Waals surface area contributed by atoms with Crippen LogP contribution in [0.4, 0.5) is 5.69 Å². The largest absolute Gasteiger partial charge is 0.494 e. The van der Waals surface area contributed by atoms with E-state index in [2.05, 4.69) is 10.3 Å². The molecule has 2 heterocycles. The number of carbonyl (C=O) groups excluding carboxylic acids is 2. The molecule has 3 aromatic rings. The Labute approximate surface area is 187 Å². The predicted octanol–water partition coefficient (Wildman–Crippen LogP) is 4.48. The third kappa shape index (κ3) is 3.83. The van der Waals surface area contributed by atoms with Crippen molar-refractivity contribution < 1.29 is 14.3 Å². The molecule has 5 rings (SSSR count). The van der Waals surface area contributed by atoms with Crippen molar-refractivity contribution in [3.05, 3.63) is 53.9 Å². The van der Waals surface area contributed by atoms with Gasteiger partial charge in [0.25, 0.3) is 11.8 Å². The van der Waals surface area contributed by atoms with Crippen LogP contribution in [0.1, 0.15) is 60.0 Å². The summed E-state index contributed by atoms with van der Waals surface area (Å²) in [7, 11) is 0. The highest BCUT2D eigenvalue weighted by Gasteiger charge is 2.33. The highest BCUT2D eigenvalue weighted by Crippen LogP contribution is 2.28. The minimum Gasteiger partial charge on any atom is -0.494 e. The molecule has 0 atom stereocenters. The minimum absolute atomic E-state index is 0.0136. The first-order valence-electron chi connectivity index (χ1n) is 11.5. The number of hydrogen-bond donors (Lipinski definition) is 1. The normalized spacial score (nSPS) is 16.8. The van der Waals surface area contributed by atoms with Crippen LogP contribution in [0.15, 0.2) is 42.5 Å². The number of hydrogen-bond acceptors (Lipinski definition) is 4. The summed E-state index contributed by atoms with van der Waals surface area (Å²) in [4.78, 5) is 32.6. The molecule has 0 spiro atoms. The molecule has 7 heteroatoms. The molecule has 2 aliphatic rings. The van der Waals surface area contributed by atoms with Gasteiger partial charge in [-0.25, -0.2) is 4.98 Å². The van der Waals surface area contributed by atoms with Crippen molar-refractivity contribution in [2.24, 2.45) is 0 Å². The van der Waals surface area contributed by atoms with Gasteiger partial charge in [0.05, 0.1) is 17.6 Å². The molecule has 1 aliphatic heterocycles. The SMILES string of the molecule is CCOc1ccc(NC(=O)c2ccc3c(c2)nc2n3CCN(C3CCCCC3)C2=O)cc1. The average Bonchev–Trinajstić information content (AvgIpc) is 3.20. The maximum absolute atomic E-state index is 13.2. The summed E-state index contributed by atoms with van der Waals surface area (Å²) in [6.45, 7) is 4.00. The molecule has 32 heavy (non-hydrogen) atoms. The van der Waals surface area contributed by atoms with Crippen LogP contribution in [0.5, 0.6) is 5.75 Å². The third-order valence-corrected chi connectivity index (χ3v) is 6.47. The topological polar surface area (TPSA) is 76.5 Å². The number of rotatable bonds is 5. The molecule has 0 unspecified atom stereocenters. The molecule has 1 saturated carbocycles. The molecule has 1 fully saturated rings. The van der Waals surface area contributed by atoms with Crippen molar-refractivity contribution in [1.29, 1.82) is 0 Å². The van der Waals surface area contributed by atoms with Crippen LogP contribution < -0.4 is 10.1 Å². The van der Waals surface area contributed by atoms with Crippen LogP contribution in [0.2, 0.25) is 0 Å². The Morgan fingerprint density at radius 1 is 1.09 bits per heavy atom. The summed E-state index contributed by atoms with van der Waals surface area (Å²) in [6, 6.07) is 13.1. The van der Waals surface area contributed by atoms with Crippen LogP contribution in [0.25, 0.3) is 11.0 Å². The number of fused-ring (bicyclic) bond motifs is 3. The van der Waals surface area contributed by atoms with Gasteiger partial charge in [0.15, 0.2) is 5.82 Å². The second-order valence-corrected chi connectivity index (χ2v) is 8.49. The van der Waals surface area contributed by atoms with Gasteiger partial charge in [-0.15, -0.1) is 0 Å². The third-order valence-electron chi connectivity index (χ3n) is 6.47. The number of carbonyl (C=O) groups is 2. The van der Waals surface area contributed by atoms with Crippen LogP contribution in [-0.4, -0.2) is 45.5 Å². The molecule has 166 valence electrons. The van der Waals surface area contributed by atoms with E-state index in [9.17, 15) is 9.59 Å². The first-order valence-corrected chi connectivity index (χ1v) is 11.5. The van der Waals surface area contributed by atoms with Crippen molar-refractivity contribution >= 4 is 28.5 Å². The van der Waals surface area contributed by atoms with Crippen LogP contribution >= 0.6 is 0 Å². The molecule has 1 aliphatic carbocycles. The van der Waals surface area contributed by atoms with Crippen molar-refractivity contribution in [1.82, 2.24) is 14.5 Å². The van der Waals surface area contributed by atoms with Gasteiger partial charge < -0.3 is 19.5 Å².